The van der Waals surface area contributed by atoms with Gasteiger partial charge in [-0.05, 0) is 37.5 Å². The fourth-order valence-electron chi connectivity index (χ4n) is 2.53. The molecule has 1 aromatic carbocycles. The molecule has 1 aliphatic heterocycles. The molecule has 0 aliphatic carbocycles. The van der Waals surface area contributed by atoms with Crippen LogP contribution in [0.5, 0.6) is 0 Å². The molecule has 0 aromatic heterocycles. The molecule has 4 nitrogen and oxygen atoms in total. The van der Waals surface area contributed by atoms with Crippen molar-refractivity contribution in [3.63, 3.8) is 0 Å². The fraction of sp³-hybridized carbons (Fsp3) is 0.533. The molecule has 0 bridgehead atoms. The molecule has 126 valence electrons. The molecular weight excluding hydrogens is 389 g/mol. The van der Waals surface area contributed by atoms with Gasteiger partial charge in [0.15, 0.2) is 0 Å². The summed E-state index contributed by atoms with van der Waals surface area (Å²) in [6.07, 6.45) is 1.52. The van der Waals surface area contributed by atoms with Gasteiger partial charge in [-0.3, -0.25) is 4.79 Å². The Bertz CT molecular complexity index is 474. The number of carbonyl (C=O) groups is 1. The van der Waals surface area contributed by atoms with E-state index in [1.807, 2.05) is 13.0 Å². The molecule has 1 amide bonds. The third kappa shape index (κ3) is 6.73. The predicted octanol–water partition coefficient (Wildman–Crippen LogP) is 2.97. The molecule has 1 fully saturated rings. The number of nitrogens with one attached hydrogen (secondary N) is 1. The van der Waals surface area contributed by atoms with E-state index < -0.39 is 0 Å². The highest BCUT2D eigenvalue weighted by Gasteiger charge is 2.23. The van der Waals surface area contributed by atoms with Gasteiger partial charge < -0.3 is 16.0 Å². The molecule has 0 radical (unpaired) electrons. The third-order valence-corrected chi connectivity index (χ3v) is 4.05. The molecule has 3 N–H and O–H groups in total. The lowest BCUT2D eigenvalue weighted by Gasteiger charge is -2.19. The molecule has 22 heavy (non-hydrogen) atoms. The van der Waals surface area contributed by atoms with E-state index in [9.17, 15) is 4.79 Å². The van der Waals surface area contributed by atoms with E-state index >= 15 is 0 Å². The number of rotatable bonds is 5. The summed E-state index contributed by atoms with van der Waals surface area (Å²) in [5, 5.41) is 2.98. The maximum Gasteiger partial charge on any atom is 0.221 e. The van der Waals surface area contributed by atoms with Gasteiger partial charge in [-0.2, -0.15) is 0 Å². The lowest BCUT2D eigenvalue weighted by Crippen LogP contribution is -2.34. The molecule has 7 heteroatoms. The van der Waals surface area contributed by atoms with Crippen molar-refractivity contribution in [1.29, 1.82) is 0 Å². The first-order valence-electron chi connectivity index (χ1n) is 7.07. The maximum absolute atomic E-state index is 11.6. The van der Waals surface area contributed by atoms with Gasteiger partial charge in [0, 0.05) is 42.3 Å². The van der Waals surface area contributed by atoms with E-state index in [2.05, 4.69) is 44.3 Å². The number of carbonyl (C=O) groups excluding carboxylic acids is 1. The van der Waals surface area contributed by atoms with Crippen molar-refractivity contribution in [1.82, 2.24) is 5.32 Å². The largest absolute Gasteiger partial charge is 0.371 e. The van der Waals surface area contributed by atoms with E-state index in [0.717, 1.165) is 30.5 Å². The molecule has 1 heterocycles. The van der Waals surface area contributed by atoms with Crippen LogP contribution in [0.4, 0.5) is 5.69 Å². The van der Waals surface area contributed by atoms with Crippen molar-refractivity contribution in [2.24, 2.45) is 11.7 Å². The number of anilines is 1. The first-order valence-corrected chi connectivity index (χ1v) is 7.86. The van der Waals surface area contributed by atoms with Gasteiger partial charge in [-0.1, -0.05) is 22.0 Å². The zero-order valence-electron chi connectivity index (χ0n) is 12.6. The number of benzene rings is 1. The quantitative estimate of drug-likeness (QED) is 0.781. The number of hydrogen-bond donors (Lipinski definition) is 2. The third-order valence-electron chi connectivity index (χ3n) is 3.55. The second-order valence-corrected chi connectivity index (χ2v) is 6.48. The standard InChI is InChI=1S/C15H22BrN3O.2ClH/c1-11(17)7-15(20)18-9-12-5-6-19(10-12)14-4-2-3-13(16)8-14;;/h2-4,8,11-12H,5-7,9-10,17H2,1H3,(H,18,20);2*1H. The second kappa shape index (κ2) is 10.3. The molecule has 1 aromatic rings. The first kappa shape index (κ1) is 21.5. The molecule has 0 saturated carbocycles. The number of amides is 1. The van der Waals surface area contributed by atoms with E-state index in [0.29, 0.717) is 12.3 Å². The van der Waals surface area contributed by atoms with Crippen LogP contribution < -0.4 is 16.0 Å². The minimum absolute atomic E-state index is 0. The Morgan fingerprint density at radius 2 is 2.23 bits per heavy atom. The fourth-order valence-corrected chi connectivity index (χ4v) is 2.92. The number of nitrogens with two attached hydrogens (primary N) is 1. The molecular formula is C15H24BrCl2N3O. The monoisotopic (exact) mass is 411 g/mol. The van der Waals surface area contributed by atoms with Gasteiger partial charge in [-0.15, -0.1) is 24.8 Å². The van der Waals surface area contributed by atoms with Crippen molar-refractivity contribution < 1.29 is 4.79 Å². The van der Waals surface area contributed by atoms with Crippen LogP contribution in [0.2, 0.25) is 0 Å². The zero-order valence-corrected chi connectivity index (χ0v) is 15.8. The molecule has 0 spiro atoms. The predicted molar refractivity (Wildman–Crippen MR) is 100 cm³/mol. The summed E-state index contributed by atoms with van der Waals surface area (Å²) in [5.41, 5.74) is 6.86. The minimum Gasteiger partial charge on any atom is -0.371 e. The Labute approximate surface area is 153 Å². The smallest absolute Gasteiger partial charge is 0.221 e. The highest BCUT2D eigenvalue weighted by Crippen LogP contribution is 2.25. The Hall–Kier alpha value is -0.490. The maximum atomic E-state index is 11.6. The van der Waals surface area contributed by atoms with Crippen molar-refractivity contribution in [3.05, 3.63) is 28.7 Å². The second-order valence-electron chi connectivity index (χ2n) is 5.57. The van der Waals surface area contributed by atoms with Gasteiger partial charge in [0.1, 0.15) is 0 Å². The minimum atomic E-state index is -0.0725. The Kier molecular flexibility index (Phi) is 10.1. The van der Waals surface area contributed by atoms with Gasteiger partial charge in [0.25, 0.3) is 0 Å². The summed E-state index contributed by atoms with van der Waals surface area (Å²) in [6, 6.07) is 8.28. The summed E-state index contributed by atoms with van der Waals surface area (Å²) >= 11 is 3.50. The molecule has 2 atom stereocenters. The average Bonchev–Trinajstić information content (AvgIpc) is 2.84. The highest BCUT2D eigenvalue weighted by atomic mass is 79.9. The van der Waals surface area contributed by atoms with E-state index in [-0.39, 0.29) is 36.8 Å². The Morgan fingerprint density at radius 1 is 1.50 bits per heavy atom. The first-order chi connectivity index (χ1) is 9.54. The van der Waals surface area contributed by atoms with Crippen molar-refractivity contribution in [2.75, 3.05) is 24.5 Å². The van der Waals surface area contributed by atoms with Crippen molar-refractivity contribution in [3.8, 4) is 0 Å². The highest BCUT2D eigenvalue weighted by molar-refractivity contribution is 9.10. The normalized spacial score (nSPS) is 18.1. The summed E-state index contributed by atoms with van der Waals surface area (Å²) in [4.78, 5) is 14.0. The van der Waals surface area contributed by atoms with Crippen LogP contribution in [-0.4, -0.2) is 31.6 Å². The van der Waals surface area contributed by atoms with Crippen LogP contribution in [0.3, 0.4) is 0 Å². The van der Waals surface area contributed by atoms with Crippen LogP contribution >= 0.6 is 40.7 Å². The zero-order chi connectivity index (χ0) is 14.5. The molecule has 1 saturated heterocycles. The summed E-state index contributed by atoms with van der Waals surface area (Å²) < 4.78 is 1.10. The topological polar surface area (TPSA) is 58.4 Å². The number of nitrogens with zero attached hydrogens (tertiary/aromatic N) is 1. The number of hydrogen-bond acceptors (Lipinski definition) is 3. The molecule has 1 aliphatic rings. The summed E-state index contributed by atoms with van der Waals surface area (Å²) in [5.74, 6) is 0.576. The van der Waals surface area contributed by atoms with Gasteiger partial charge in [0.2, 0.25) is 5.91 Å². The Balaban J connectivity index is 0.00000220. The van der Waals surface area contributed by atoms with Gasteiger partial charge in [0.05, 0.1) is 0 Å². The SMILES string of the molecule is CC(N)CC(=O)NCC1CCN(c2cccc(Br)c2)C1.Cl.Cl. The van der Waals surface area contributed by atoms with E-state index in [1.54, 1.807) is 0 Å². The summed E-state index contributed by atoms with van der Waals surface area (Å²) in [6.45, 7) is 4.64. The molecule has 2 unspecified atom stereocenters. The van der Waals surface area contributed by atoms with Crippen LogP contribution in [0.1, 0.15) is 19.8 Å². The summed E-state index contributed by atoms with van der Waals surface area (Å²) in [7, 11) is 0. The lowest BCUT2D eigenvalue weighted by molar-refractivity contribution is -0.121. The lowest BCUT2D eigenvalue weighted by atomic mass is 10.1. The molecule has 2 rings (SSSR count). The Morgan fingerprint density at radius 3 is 2.86 bits per heavy atom. The van der Waals surface area contributed by atoms with Crippen molar-refractivity contribution >= 4 is 52.3 Å². The van der Waals surface area contributed by atoms with Gasteiger partial charge >= 0.3 is 0 Å². The van der Waals surface area contributed by atoms with Gasteiger partial charge in [-0.25, -0.2) is 0 Å². The van der Waals surface area contributed by atoms with Crippen LogP contribution in [0.15, 0.2) is 28.7 Å². The van der Waals surface area contributed by atoms with E-state index in [1.165, 1.54) is 5.69 Å². The van der Waals surface area contributed by atoms with Crippen LogP contribution in [0.25, 0.3) is 0 Å². The van der Waals surface area contributed by atoms with E-state index in [4.69, 9.17) is 5.73 Å². The van der Waals surface area contributed by atoms with Crippen molar-refractivity contribution in [2.45, 2.75) is 25.8 Å². The van der Waals surface area contributed by atoms with Crippen LogP contribution in [0, 0.1) is 5.92 Å². The average molecular weight is 413 g/mol. The van der Waals surface area contributed by atoms with Crippen LogP contribution in [-0.2, 0) is 4.79 Å². The number of halogens is 3.